The van der Waals surface area contributed by atoms with Crippen molar-refractivity contribution >= 4 is 62.1 Å². The van der Waals surface area contributed by atoms with Crippen LogP contribution in [0.3, 0.4) is 0 Å². The molecule has 1 saturated heterocycles. The van der Waals surface area contributed by atoms with Crippen molar-refractivity contribution in [3.63, 3.8) is 0 Å². The summed E-state index contributed by atoms with van der Waals surface area (Å²) in [6.45, 7) is 0. The molecule has 2 aromatic carbocycles. The molecule has 0 aliphatic carbocycles. The van der Waals surface area contributed by atoms with Crippen LogP contribution in [0.15, 0.2) is 62.9 Å². The second-order valence-electron chi connectivity index (χ2n) is 4.87. The third-order valence-electron chi connectivity index (χ3n) is 3.24. The van der Waals surface area contributed by atoms with Crippen molar-refractivity contribution in [3.8, 4) is 0 Å². The van der Waals surface area contributed by atoms with Crippen LogP contribution < -0.4 is 0 Å². The maximum absolute atomic E-state index is 12.4. The fourth-order valence-corrected chi connectivity index (χ4v) is 3.43. The van der Waals surface area contributed by atoms with Gasteiger partial charge in [0.25, 0.3) is 5.91 Å². The summed E-state index contributed by atoms with van der Waals surface area (Å²) in [6, 6.07) is 15.1. The van der Waals surface area contributed by atoms with E-state index < -0.39 is 0 Å². The van der Waals surface area contributed by atoms with Crippen LogP contribution >= 0.6 is 39.3 Å². The lowest BCUT2D eigenvalue weighted by atomic mass is 10.2. The van der Waals surface area contributed by atoms with Crippen LogP contribution in [0.25, 0.3) is 6.08 Å². The number of para-hydroxylation sites is 1. The Morgan fingerprint density at radius 3 is 2.57 bits per heavy atom. The molecule has 1 heterocycles. The molecule has 0 bridgehead atoms. The number of thioether (sulfide) groups is 1. The minimum Gasteiger partial charge on any atom is -0.290 e. The number of likely N-dealkylation sites (N-methyl/N-ethyl adjacent to an activating group) is 1. The van der Waals surface area contributed by atoms with E-state index >= 15 is 0 Å². The van der Waals surface area contributed by atoms with Crippen molar-refractivity contribution in [1.82, 2.24) is 4.90 Å². The average molecular weight is 408 g/mol. The van der Waals surface area contributed by atoms with E-state index in [0.717, 1.165) is 10.0 Å². The van der Waals surface area contributed by atoms with Crippen LogP contribution in [0.5, 0.6) is 0 Å². The standard InChI is InChI=1S/C17H12BrClN2OS/c1-21-16(22)15(10-11-6-8-12(18)9-7-11)23-17(21)20-14-5-3-2-4-13(14)19/h2-10H,1H3/b15-10+,20-17?. The van der Waals surface area contributed by atoms with Crippen molar-refractivity contribution in [1.29, 1.82) is 0 Å². The van der Waals surface area contributed by atoms with Crippen molar-refractivity contribution in [2.75, 3.05) is 7.05 Å². The smallest absolute Gasteiger partial charge is 0.266 e. The SMILES string of the molecule is CN1C(=O)/C(=C\c2ccc(Br)cc2)SC1=Nc1ccccc1Cl. The molecule has 0 aromatic heterocycles. The molecule has 1 aliphatic rings. The number of nitrogens with zero attached hydrogens (tertiary/aromatic N) is 2. The van der Waals surface area contributed by atoms with Crippen LogP contribution in [0, 0.1) is 0 Å². The van der Waals surface area contributed by atoms with E-state index in [9.17, 15) is 4.79 Å². The van der Waals surface area contributed by atoms with Gasteiger partial charge in [-0.15, -0.1) is 0 Å². The summed E-state index contributed by atoms with van der Waals surface area (Å²) >= 11 is 10.9. The Balaban J connectivity index is 1.91. The van der Waals surface area contributed by atoms with Gasteiger partial charge in [0, 0.05) is 11.5 Å². The Labute approximate surface area is 152 Å². The molecule has 6 heteroatoms. The third-order valence-corrected chi connectivity index (χ3v) is 5.15. The van der Waals surface area contributed by atoms with Gasteiger partial charge in [-0.3, -0.25) is 9.69 Å². The van der Waals surface area contributed by atoms with Gasteiger partial charge in [0.15, 0.2) is 5.17 Å². The van der Waals surface area contributed by atoms with E-state index in [0.29, 0.717) is 20.8 Å². The topological polar surface area (TPSA) is 32.7 Å². The van der Waals surface area contributed by atoms with E-state index in [1.54, 1.807) is 18.0 Å². The number of amides is 1. The lowest BCUT2D eigenvalue weighted by Crippen LogP contribution is -2.23. The number of amidine groups is 1. The Hall–Kier alpha value is -1.56. The summed E-state index contributed by atoms with van der Waals surface area (Å²) in [7, 11) is 1.72. The van der Waals surface area contributed by atoms with E-state index in [1.807, 2.05) is 48.5 Å². The van der Waals surface area contributed by atoms with E-state index in [-0.39, 0.29) is 5.91 Å². The summed E-state index contributed by atoms with van der Waals surface area (Å²) in [5, 5.41) is 1.18. The first-order valence-corrected chi connectivity index (χ1v) is 8.80. The van der Waals surface area contributed by atoms with Gasteiger partial charge in [0.2, 0.25) is 0 Å². The molecule has 0 N–H and O–H groups in total. The highest BCUT2D eigenvalue weighted by atomic mass is 79.9. The highest BCUT2D eigenvalue weighted by Crippen LogP contribution is 2.34. The molecule has 23 heavy (non-hydrogen) atoms. The fourth-order valence-electron chi connectivity index (χ4n) is 2.01. The molecule has 2 aromatic rings. The van der Waals surface area contributed by atoms with Crippen molar-refractivity contribution in [3.05, 3.63) is 68.5 Å². The summed E-state index contributed by atoms with van der Waals surface area (Å²) < 4.78 is 1.00. The predicted molar refractivity (Wildman–Crippen MR) is 101 cm³/mol. The highest BCUT2D eigenvalue weighted by Gasteiger charge is 2.30. The quantitative estimate of drug-likeness (QED) is 0.630. The number of carbonyl (C=O) groups excluding carboxylic acids is 1. The normalized spacial score (nSPS) is 18.2. The van der Waals surface area contributed by atoms with Crippen LogP contribution in [0.1, 0.15) is 5.56 Å². The minimum absolute atomic E-state index is 0.0660. The number of aliphatic imine (C=N–C) groups is 1. The van der Waals surface area contributed by atoms with Gasteiger partial charge >= 0.3 is 0 Å². The number of halogens is 2. The molecular weight excluding hydrogens is 396 g/mol. The van der Waals surface area contributed by atoms with Crippen LogP contribution in [-0.2, 0) is 4.79 Å². The highest BCUT2D eigenvalue weighted by molar-refractivity contribution is 9.10. The molecule has 1 fully saturated rings. The number of hydrogen-bond acceptors (Lipinski definition) is 3. The first kappa shape index (κ1) is 16.3. The zero-order valence-corrected chi connectivity index (χ0v) is 15.3. The van der Waals surface area contributed by atoms with Gasteiger partial charge in [-0.05, 0) is 47.7 Å². The molecule has 1 amide bonds. The van der Waals surface area contributed by atoms with Gasteiger partial charge in [-0.1, -0.05) is 51.8 Å². The lowest BCUT2D eigenvalue weighted by Gasteiger charge is -2.07. The van der Waals surface area contributed by atoms with E-state index in [1.165, 1.54) is 11.8 Å². The van der Waals surface area contributed by atoms with Crippen molar-refractivity contribution < 1.29 is 4.79 Å². The zero-order valence-electron chi connectivity index (χ0n) is 12.2. The van der Waals surface area contributed by atoms with Crippen LogP contribution in [0.2, 0.25) is 5.02 Å². The molecule has 3 nitrogen and oxygen atoms in total. The van der Waals surface area contributed by atoms with Gasteiger partial charge in [-0.25, -0.2) is 4.99 Å². The summed E-state index contributed by atoms with van der Waals surface area (Å²) in [6.07, 6.45) is 1.87. The Bertz CT molecular complexity index is 818. The van der Waals surface area contributed by atoms with Crippen molar-refractivity contribution in [2.24, 2.45) is 4.99 Å². The van der Waals surface area contributed by atoms with Gasteiger partial charge in [-0.2, -0.15) is 0 Å². The van der Waals surface area contributed by atoms with Crippen LogP contribution in [0.4, 0.5) is 5.69 Å². The molecule has 0 radical (unpaired) electrons. The first-order chi connectivity index (χ1) is 11.0. The van der Waals surface area contributed by atoms with Gasteiger partial charge < -0.3 is 0 Å². The Morgan fingerprint density at radius 1 is 1.17 bits per heavy atom. The van der Waals surface area contributed by atoms with E-state index in [4.69, 9.17) is 11.6 Å². The summed E-state index contributed by atoms with van der Waals surface area (Å²) in [4.78, 5) is 19.1. The molecule has 0 saturated carbocycles. The third kappa shape index (κ3) is 3.68. The Kier molecular flexibility index (Phi) is 4.90. The van der Waals surface area contributed by atoms with Crippen LogP contribution in [-0.4, -0.2) is 23.0 Å². The minimum atomic E-state index is -0.0660. The lowest BCUT2D eigenvalue weighted by molar-refractivity contribution is -0.121. The largest absolute Gasteiger partial charge is 0.290 e. The zero-order chi connectivity index (χ0) is 16.4. The summed E-state index contributed by atoms with van der Waals surface area (Å²) in [5.41, 5.74) is 1.62. The number of carbonyl (C=O) groups is 1. The second-order valence-corrected chi connectivity index (χ2v) is 7.20. The molecule has 116 valence electrons. The molecule has 0 unspecified atom stereocenters. The summed E-state index contributed by atoms with van der Waals surface area (Å²) in [5.74, 6) is -0.0660. The number of hydrogen-bond donors (Lipinski definition) is 0. The molecular formula is C17H12BrClN2OS. The maximum Gasteiger partial charge on any atom is 0.266 e. The van der Waals surface area contributed by atoms with Crippen molar-refractivity contribution in [2.45, 2.75) is 0 Å². The van der Waals surface area contributed by atoms with Gasteiger partial charge in [0.1, 0.15) is 0 Å². The maximum atomic E-state index is 12.4. The van der Waals surface area contributed by atoms with E-state index in [2.05, 4.69) is 20.9 Å². The monoisotopic (exact) mass is 406 g/mol. The fraction of sp³-hybridized carbons (Fsp3) is 0.0588. The second kappa shape index (κ2) is 6.91. The number of benzene rings is 2. The number of rotatable bonds is 2. The van der Waals surface area contributed by atoms with Gasteiger partial charge in [0.05, 0.1) is 15.6 Å². The molecule has 0 spiro atoms. The molecule has 3 rings (SSSR count). The molecule has 0 atom stereocenters. The first-order valence-electron chi connectivity index (χ1n) is 6.81. The molecule has 1 aliphatic heterocycles. The predicted octanol–water partition coefficient (Wildman–Crippen LogP) is 5.34. The Morgan fingerprint density at radius 2 is 1.87 bits per heavy atom. The average Bonchev–Trinajstić information content (AvgIpc) is 2.80.